The number of carbonyl (C=O) groups excluding carboxylic acids is 1. The SMILES string of the molecule is COc1cccc(CC2CN(C(=O)c3cc(C)n4nc(C)cc4n3)CCO2)c1. The first-order chi connectivity index (χ1) is 13.5. The Morgan fingerprint density at radius 1 is 1.29 bits per heavy atom. The lowest BCUT2D eigenvalue weighted by molar-refractivity contribution is -0.0210. The van der Waals surface area contributed by atoms with Crippen molar-refractivity contribution >= 4 is 11.6 Å². The highest BCUT2D eigenvalue weighted by Gasteiger charge is 2.26. The molecule has 3 heterocycles. The number of methoxy groups -OCH3 is 1. The summed E-state index contributed by atoms with van der Waals surface area (Å²) in [6, 6.07) is 11.6. The van der Waals surface area contributed by atoms with Gasteiger partial charge in [0.05, 0.1) is 25.5 Å². The summed E-state index contributed by atoms with van der Waals surface area (Å²) < 4.78 is 12.9. The minimum absolute atomic E-state index is 0.0492. The highest BCUT2D eigenvalue weighted by Crippen LogP contribution is 2.18. The third kappa shape index (κ3) is 3.71. The van der Waals surface area contributed by atoms with E-state index in [0.29, 0.717) is 31.0 Å². The topological polar surface area (TPSA) is 69.0 Å². The molecule has 1 aromatic carbocycles. The summed E-state index contributed by atoms with van der Waals surface area (Å²) in [4.78, 5) is 19.4. The van der Waals surface area contributed by atoms with Gasteiger partial charge in [0.2, 0.25) is 0 Å². The number of aromatic nitrogens is 3. The first-order valence-electron chi connectivity index (χ1n) is 9.41. The Labute approximate surface area is 163 Å². The van der Waals surface area contributed by atoms with Gasteiger partial charge >= 0.3 is 0 Å². The summed E-state index contributed by atoms with van der Waals surface area (Å²) in [5, 5.41) is 4.40. The van der Waals surface area contributed by atoms with Gasteiger partial charge in [0.25, 0.3) is 5.91 Å². The second-order valence-electron chi connectivity index (χ2n) is 7.14. The molecule has 0 spiro atoms. The summed E-state index contributed by atoms with van der Waals surface area (Å²) in [6.07, 6.45) is 0.681. The van der Waals surface area contributed by atoms with Gasteiger partial charge in [-0.25, -0.2) is 9.50 Å². The quantitative estimate of drug-likeness (QED) is 0.695. The zero-order valence-electron chi connectivity index (χ0n) is 16.4. The second kappa shape index (κ2) is 7.59. The molecule has 1 aliphatic rings. The summed E-state index contributed by atoms with van der Waals surface area (Å²) in [6.45, 7) is 5.48. The van der Waals surface area contributed by atoms with E-state index in [1.54, 1.807) is 17.7 Å². The van der Waals surface area contributed by atoms with Gasteiger partial charge in [0.1, 0.15) is 11.4 Å². The van der Waals surface area contributed by atoms with E-state index in [1.165, 1.54) is 0 Å². The maximum atomic E-state index is 13.1. The number of aryl methyl sites for hydroxylation is 2. The Morgan fingerprint density at radius 3 is 2.96 bits per heavy atom. The van der Waals surface area contributed by atoms with E-state index in [2.05, 4.69) is 10.1 Å². The van der Waals surface area contributed by atoms with Crippen molar-refractivity contribution in [2.75, 3.05) is 26.8 Å². The average molecular weight is 380 g/mol. The van der Waals surface area contributed by atoms with Gasteiger partial charge < -0.3 is 14.4 Å². The summed E-state index contributed by atoms with van der Waals surface area (Å²) >= 11 is 0. The number of ether oxygens (including phenoxy) is 2. The lowest BCUT2D eigenvalue weighted by Gasteiger charge is -2.33. The number of benzene rings is 1. The summed E-state index contributed by atoms with van der Waals surface area (Å²) in [5.74, 6) is 0.758. The fraction of sp³-hybridized carbons (Fsp3) is 0.381. The van der Waals surface area contributed by atoms with Gasteiger partial charge in [-0.1, -0.05) is 12.1 Å². The van der Waals surface area contributed by atoms with E-state index in [9.17, 15) is 4.79 Å². The molecule has 7 heteroatoms. The molecule has 2 aromatic heterocycles. The Morgan fingerprint density at radius 2 is 2.14 bits per heavy atom. The van der Waals surface area contributed by atoms with Crippen LogP contribution in [0, 0.1) is 13.8 Å². The molecular formula is C21H24N4O3. The predicted octanol–water partition coefficient (Wildman–Crippen LogP) is 2.44. The van der Waals surface area contributed by atoms with Crippen molar-refractivity contribution in [3.8, 4) is 5.75 Å². The van der Waals surface area contributed by atoms with E-state index >= 15 is 0 Å². The number of fused-ring (bicyclic) bond motifs is 1. The van der Waals surface area contributed by atoms with Crippen molar-refractivity contribution in [3.63, 3.8) is 0 Å². The van der Waals surface area contributed by atoms with Gasteiger partial charge in [-0.2, -0.15) is 5.10 Å². The van der Waals surface area contributed by atoms with Crippen molar-refractivity contribution in [1.29, 1.82) is 0 Å². The number of hydrogen-bond acceptors (Lipinski definition) is 5. The third-order valence-electron chi connectivity index (χ3n) is 4.97. The molecule has 0 radical (unpaired) electrons. The van der Waals surface area contributed by atoms with E-state index in [-0.39, 0.29) is 12.0 Å². The number of carbonyl (C=O) groups is 1. The van der Waals surface area contributed by atoms with Crippen LogP contribution >= 0.6 is 0 Å². The van der Waals surface area contributed by atoms with Crippen LogP contribution in [0.1, 0.15) is 27.4 Å². The van der Waals surface area contributed by atoms with Crippen molar-refractivity contribution < 1.29 is 14.3 Å². The molecule has 0 saturated carbocycles. The Bertz CT molecular complexity index is 1010. The van der Waals surface area contributed by atoms with Crippen molar-refractivity contribution in [2.24, 2.45) is 0 Å². The van der Waals surface area contributed by atoms with Crippen LogP contribution in [0.15, 0.2) is 36.4 Å². The molecule has 7 nitrogen and oxygen atoms in total. The molecule has 1 amide bonds. The minimum Gasteiger partial charge on any atom is -0.497 e. The monoisotopic (exact) mass is 380 g/mol. The molecule has 0 bridgehead atoms. The Balaban J connectivity index is 1.50. The second-order valence-corrected chi connectivity index (χ2v) is 7.14. The lowest BCUT2D eigenvalue weighted by atomic mass is 10.1. The van der Waals surface area contributed by atoms with Gasteiger partial charge in [-0.15, -0.1) is 0 Å². The van der Waals surface area contributed by atoms with Gasteiger partial charge in [0, 0.05) is 31.3 Å². The molecule has 1 fully saturated rings. The van der Waals surface area contributed by atoms with Crippen LogP contribution in [0.3, 0.4) is 0 Å². The molecule has 1 unspecified atom stereocenters. The van der Waals surface area contributed by atoms with Gasteiger partial charge in [-0.3, -0.25) is 4.79 Å². The average Bonchev–Trinajstić information content (AvgIpc) is 3.08. The minimum atomic E-state index is -0.0663. The summed E-state index contributed by atoms with van der Waals surface area (Å²) in [7, 11) is 1.66. The fourth-order valence-corrected chi connectivity index (χ4v) is 3.60. The van der Waals surface area contributed by atoms with E-state index in [4.69, 9.17) is 9.47 Å². The van der Waals surface area contributed by atoms with Gasteiger partial charge in [0.15, 0.2) is 5.65 Å². The van der Waals surface area contributed by atoms with Crippen LogP contribution < -0.4 is 4.74 Å². The molecule has 4 rings (SSSR count). The molecule has 0 aliphatic carbocycles. The fourth-order valence-electron chi connectivity index (χ4n) is 3.60. The maximum absolute atomic E-state index is 13.1. The molecule has 0 N–H and O–H groups in total. The van der Waals surface area contributed by atoms with E-state index in [0.717, 1.165) is 29.1 Å². The molecule has 28 heavy (non-hydrogen) atoms. The van der Waals surface area contributed by atoms with Crippen molar-refractivity contribution in [1.82, 2.24) is 19.5 Å². The molecular weight excluding hydrogens is 356 g/mol. The van der Waals surface area contributed by atoms with E-state index < -0.39 is 0 Å². The van der Waals surface area contributed by atoms with Crippen molar-refractivity contribution in [2.45, 2.75) is 26.4 Å². The van der Waals surface area contributed by atoms with Crippen LogP contribution in [0.2, 0.25) is 0 Å². The third-order valence-corrected chi connectivity index (χ3v) is 4.97. The zero-order valence-corrected chi connectivity index (χ0v) is 16.4. The molecule has 1 saturated heterocycles. The highest BCUT2D eigenvalue weighted by atomic mass is 16.5. The normalized spacial score (nSPS) is 17.1. The predicted molar refractivity (Wildman–Crippen MR) is 105 cm³/mol. The number of amides is 1. The maximum Gasteiger partial charge on any atom is 0.272 e. The molecule has 1 atom stereocenters. The lowest BCUT2D eigenvalue weighted by Crippen LogP contribution is -2.46. The Kier molecular flexibility index (Phi) is 5.00. The number of rotatable bonds is 4. The van der Waals surface area contributed by atoms with Crippen LogP contribution in [0.4, 0.5) is 0 Å². The standard InChI is InChI=1S/C21H24N4O3/c1-14-9-20-22-19(10-15(2)25(20)23-14)21(26)24-7-8-28-18(13-24)12-16-5-4-6-17(11-16)27-3/h4-6,9-11,18H,7-8,12-13H2,1-3H3. The molecule has 1 aliphatic heterocycles. The molecule has 146 valence electrons. The first kappa shape index (κ1) is 18.4. The van der Waals surface area contributed by atoms with E-state index in [1.807, 2.05) is 49.1 Å². The zero-order chi connectivity index (χ0) is 19.7. The van der Waals surface area contributed by atoms with Crippen molar-refractivity contribution in [3.05, 3.63) is 59.0 Å². The largest absolute Gasteiger partial charge is 0.497 e. The number of nitrogens with zero attached hydrogens (tertiary/aromatic N) is 4. The first-order valence-corrected chi connectivity index (χ1v) is 9.41. The molecule has 3 aromatic rings. The number of hydrogen-bond donors (Lipinski definition) is 0. The van der Waals surface area contributed by atoms with Crippen LogP contribution in [-0.2, 0) is 11.2 Å². The Hall–Kier alpha value is -2.93. The van der Waals surface area contributed by atoms with Gasteiger partial charge in [-0.05, 0) is 37.6 Å². The van der Waals surface area contributed by atoms with Crippen LogP contribution in [-0.4, -0.2) is 58.3 Å². The summed E-state index contributed by atoms with van der Waals surface area (Å²) in [5.41, 5.74) is 4.05. The van der Waals surface area contributed by atoms with Crippen LogP contribution in [0.5, 0.6) is 5.75 Å². The highest BCUT2D eigenvalue weighted by molar-refractivity contribution is 5.93. The number of morpholine rings is 1. The smallest absolute Gasteiger partial charge is 0.272 e. The van der Waals surface area contributed by atoms with Crippen LogP contribution in [0.25, 0.3) is 5.65 Å².